The van der Waals surface area contributed by atoms with E-state index in [4.69, 9.17) is 27.9 Å². The van der Waals surface area contributed by atoms with E-state index in [-0.39, 0.29) is 24.1 Å². The first kappa shape index (κ1) is 30.7. The molecule has 0 heterocycles. The standard InChI is InChI=1S/C26H35Cl2N3O5S/c1-7-22(26(33)29-14-17(2)3)30(15-19-9-10-20(27)13-21(19)28)25(32)16-31(37(6,34)35)23-12-18(4)8-11-24(23)36-5/h8-13,17,22H,7,14-16H2,1-6H3,(H,29,33)/t22-/m0/s1. The molecular weight excluding hydrogens is 537 g/mol. The van der Waals surface area contributed by atoms with Gasteiger partial charge >= 0.3 is 0 Å². The number of ether oxygens (including phenoxy) is 1. The number of sulfonamides is 1. The van der Waals surface area contributed by atoms with E-state index in [2.05, 4.69) is 5.32 Å². The highest BCUT2D eigenvalue weighted by Gasteiger charge is 2.33. The van der Waals surface area contributed by atoms with E-state index in [1.54, 1.807) is 43.3 Å². The van der Waals surface area contributed by atoms with Gasteiger partial charge in [-0.15, -0.1) is 0 Å². The summed E-state index contributed by atoms with van der Waals surface area (Å²) < 4.78 is 32.1. The first-order valence-corrected chi connectivity index (χ1v) is 14.5. The monoisotopic (exact) mass is 571 g/mol. The molecule has 0 saturated heterocycles. The largest absolute Gasteiger partial charge is 0.495 e. The lowest BCUT2D eigenvalue weighted by molar-refractivity contribution is -0.140. The summed E-state index contributed by atoms with van der Waals surface area (Å²) in [6, 6.07) is 9.10. The molecule has 2 aromatic carbocycles. The Bertz CT molecular complexity index is 1220. The van der Waals surface area contributed by atoms with Gasteiger partial charge in [0.2, 0.25) is 21.8 Å². The second-order valence-electron chi connectivity index (χ2n) is 9.27. The summed E-state index contributed by atoms with van der Waals surface area (Å²) in [6.45, 7) is 7.44. The van der Waals surface area contributed by atoms with E-state index < -0.39 is 28.5 Å². The van der Waals surface area contributed by atoms with Crippen molar-refractivity contribution in [2.45, 2.75) is 46.7 Å². The lowest BCUT2D eigenvalue weighted by atomic mass is 10.1. The van der Waals surface area contributed by atoms with Crippen molar-refractivity contribution >= 4 is 50.7 Å². The quantitative estimate of drug-likeness (QED) is 0.399. The lowest BCUT2D eigenvalue weighted by Gasteiger charge is -2.33. The van der Waals surface area contributed by atoms with Crippen LogP contribution in [0.15, 0.2) is 36.4 Å². The van der Waals surface area contributed by atoms with E-state index in [1.807, 2.05) is 20.8 Å². The molecule has 2 aromatic rings. The van der Waals surface area contributed by atoms with Gasteiger partial charge in [-0.3, -0.25) is 13.9 Å². The highest BCUT2D eigenvalue weighted by molar-refractivity contribution is 7.92. The number of halogens is 2. The van der Waals surface area contributed by atoms with Crippen molar-refractivity contribution in [1.29, 1.82) is 0 Å². The van der Waals surface area contributed by atoms with Gasteiger partial charge in [0.15, 0.2) is 0 Å². The molecule has 0 aromatic heterocycles. The number of carbonyl (C=O) groups excluding carboxylic acids is 2. The number of nitrogens with one attached hydrogen (secondary N) is 1. The van der Waals surface area contributed by atoms with Crippen molar-refractivity contribution in [2.75, 3.05) is 30.8 Å². The molecule has 0 radical (unpaired) electrons. The van der Waals surface area contributed by atoms with Gasteiger partial charge < -0.3 is 15.0 Å². The van der Waals surface area contributed by atoms with Gasteiger partial charge in [0, 0.05) is 23.1 Å². The first-order chi connectivity index (χ1) is 17.3. The Balaban J connectivity index is 2.53. The van der Waals surface area contributed by atoms with Crippen LogP contribution in [-0.2, 0) is 26.2 Å². The van der Waals surface area contributed by atoms with Gasteiger partial charge in [0.25, 0.3) is 0 Å². The van der Waals surface area contributed by atoms with Crippen LogP contribution in [0.1, 0.15) is 38.3 Å². The van der Waals surface area contributed by atoms with Crippen LogP contribution in [-0.4, -0.2) is 57.6 Å². The molecule has 1 atom stereocenters. The zero-order chi connectivity index (χ0) is 27.9. The summed E-state index contributed by atoms with van der Waals surface area (Å²) in [5.41, 5.74) is 1.61. The SMILES string of the molecule is CC[C@@H](C(=O)NCC(C)C)N(Cc1ccc(Cl)cc1Cl)C(=O)CN(c1cc(C)ccc1OC)S(C)(=O)=O. The zero-order valence-corrected chi connectivity index (χ0v) is 24.4. The van der Waals surface area contributed by atoms with Crippen LogP contribution < -0.4 is 14.4 Å². The molecule has 1 N–H and O–H groups in total. The van der Waals surface area contributed by atoms with Crippen molar-refractivity contribution < 1.29 is 22.7 Å². The molecule has 0 aliphatic carbocycles. The van der Waals surface area contributed by atoms with Gasteiger partial charge in [-0.05, 0) is 54.7 Å². The number of hydrogen-bond donors (Lipinski definition) is 1. The van der Waals surface area contributed by atoms with Crippen LogP contribution in [0.5, 0.6) is 5.75 Å². The van der Waals surface area contributed by atoms with E-state index in [0.29, 0.717) is 34.3 Å². The predicted molar refractivity (Wildman–Crippen MR) is 149 cm³/mol. The summed E-state index contributed by atoms with van der Waals surface area (Å²) >= 11 is 12.4. The van der Waals surface area contributed by atoms with Crippen molar-refractivity contribution in [1.82, 2.24) is 10.2 Å². The normalized spacial score (nSPS) is 12.2. The molecule has 0 aliphatic heterocycles. The second kappa shape index (κ2) is 13.3. The minimum atomic E-state index is -3.89. The number of methoxy groups -OCH3 is 1. The molecular formula is C26H35Cl2N3O5S. The van der Waals surface area contributed by atoms with Crippen LogP contribution in [0, 0.1) is 12.8 Å². The molecule has 2 rings (SSSR count). The third-order valence-electron chi connectivity index (χ3n) is 5.71. The van der Waals surface area contributed by atoms with Crippen molar-refractivity contribution in [3.63, 3.8) is 0 Å². The highest BCUT2D eigenvalue weighted by atomic mass is 35.5. The van der Waals surface area contributed by atoms with Crippen LogP contribution >= 0.6 is 23.2 Å². The maximum absolute atomic E-state index is 13.8. The molecule has 0 aliphatic rings. The Morgan fingerprint density at radius 3 is 2.32 bits per heavy atom. The van der Waals surface area contributed by atoms with Crippen LogP contribution in [0.25, 0.3) is 0 Å². The van der Waals surface area contributed by atoms with Gasteiger partial charge in [0.1, 0.15) is 18.3 Å². The number of hydrogen-bond acceptors (Lipinski definition) is 5. The van der Waals surface area contributed by atoms with Crippen LogP contribution in [0.4, 0.5) is 5.69 Å². The molecule has 0 unspecified atom stereocenters. The third-order valence-corrected chi connectivity index (χ3v) is 7.42. The average Bonchev–Trinajstić information content (AvgIpc) is 2.81. The number of carbonyl (C=O) groups is 2. The molecule has 0 fully saturated rings. The number of amides is 2. The minimum absolute atomic E-state index is 0.00893. The van der Waals surface area contributed by atoms with E-state index in [9.17, 15) is 18.0 Å². The smallest absolute Gasteiger partial charge is 0.244 e. The highest BCUT2D eigenvalue weighted by Crippen LogP contribution is 2.31. The second-order valence-corrected chi connectivity index (χ2v) is 12.0. The Morgan fingerprint density at radius 1 is 1.11 bits per heavy atom. The molecule has 37 heavy (non-hydrogen) atoms. The number of anilines is 1. The van der Waals surface area contributed by atoms with E-state index in [1.165, 1.54) is 12.0 Å². The van der Waals surface area contributed by atoms with E-state index in [0.717, 1.165) is 16.1 Å². The third kappa shape index (κ3) is 8.51. The number of aryl methyl sites for hydroxylation is 1. The molecule has 0 spiro atoms. The number of benzene rings is 2. The number of rotatable bonds is 12. The average molecular weight is 573 g/mol. The Morgan fingerprint density at radius 2 is 1.78 bits per heavy atom. The maximum atomic E-state index is 13.8. The molecule has 8 nitrogen and oxygen atoms in total. The summed E-state index contributed by atoms with van der Waals surface area (Å²) in [7, 11) is -2.47. The molecule has 2 amide bonds. The van der Waals surface area contributed by atoms with Crippen molar-refractivity contribution in [2.24, 2.45) is 5.92 Å². The fourth-order valence-corrected chi connectivity index (χ4v) is 5.08. The summed E-state index contributed by atoms with van der Waals surface area (Å²) in [4.78, 5) is 28.3. The number of nitrogens with zero attached hydrogens (tertiary/aromatic N) is 2. The summed E-state index contributed by atoms with van der Waals surface area (Å²) in [5, 5.41) is 3.65. The molecule has 0 saturated carbocycles. The fourth-order valence-electron chi connectivity index (χ4n) is 3.77. The van der Waals surface area contributed by atoms with E-state index >= 15 is 0 Å². The zero-order valence-electron chi connectivity index (χ0n) is 22.0. The van der Waals surface area contributed by atoms with Gasteiger partial charge in [0.05, 0.1) is 19.1 Å². The Hall–Kier alpha value is -2.49. The Kier molecular flexibility index (Phi) is 11.1. The molecule has 204 valence electrons. The Labute approximate surface area is 229 Å². The van der Waals surface area contributed by atoms with Crippen LogP contribution in [0.3, 0.4) is 0 Å². The summed E-state index contributed by atoms with van der Waals surface area (Å²) in [5.74, 6) is -0.371. The first-order valence-electron chi connectivity index (χ1n) is 11.9. The van der Waals surface area contributed by atoms with Gasteiger partial charge in [-0.25, -0.2) is 8.42 Å². The predicted octanol–water partition coefficient (Wildman–Crippen LogP) is 4.66. The maximum Gasteiger partial charge on any atom is 0.244 e. The minimum Gasteiger partial charge on any atom is -0.495 e. The topological polar surface area (TPSA) is 96.0 Å². The molecule has 0 bridgehead atoms. The van der Waals surface area contributed by atoms with Crippen molar-refractivity contribution in [3.05, 3.63) is 57.6 Å². The van der Waals surface area contributed by atoms with Crippen molar-refractivity contribution in [3.8, 4) is 5.75 Å². The van der Waals surface area contributed by atoms with Gasteiger partial charge in [-0.2, -0.15) is 0 Å². The lowest BCUT2D eigenvalue weighted by Crippen LogP contribution is -2.52. The summed E-state index contributed by atoms with van der Waals surface area (Å²) in [6.07, 6.45) is 1.34. The fraction of sp³-hybridized carbons (Fsp3) is 0.462. The molecule has 11 heteroatoms. The van der Waals surface area contributed by atoms with Crippen LogP contribution in [0.2, 0.25) is 10.0 Å². The van der Waals surface area contributed by atoms with Gasteiger partial charge in [-0.1, -0.05) is 56.1 Å².